The Balaban J connectivity index is 1.74. The Morgan fingerprint density at radius 2 is 1.84 bits per heavy atom. The van der Waals surface area contributed by atoms with Gasteiger partial charge in [0.1, 0.15) is 6.67 Å². The minimum atomic E-state index is -0.349. The summed E-state index contributed by atoms with van der Waals surface area (Å²) < 4.78 is 4.45. The zero-order valence-electron chi connectivity index (χ0n) is 14.4. The van der Waals surface area contributed by atoms with Crippen molar-refractivity contribution in [2.24, 2.45) is 0 Å². The van der Waals surface area contributed by atoms with Crippen LogP contribution in [0, 0.1) is 27.7 Å². The van der Waals surface area contributed by atoms with E-state index >= 15 is 0 Å². The van der Waals surface area contributed by atoms with Gasteiger partial charge in [-0.2, -0.15) is 10.2 Å². The molecule has 3 aromatic heterocycles. The summed E-state index contributed by atoms with van der Waals surface area (Å²) in [6, 6.07) is 3.50. The zero-order valence-corrected chi connectivity index (χ0v) is 16.0. The average molecular weight is 404 g/mol. The quantitative estimate of drug-likeness (QED) is 0.722. The van der Waals surface area contributed by atoms with E-state index in [4.69, 9.17) is 0 Å². The Bertz CT molecular complexity index is 924. The molecule has 3 heterocycles. The van der Waals surface area contributed by atoms with Crippen molar-refractivity contribution in [2.75, 3.05) is 5.32 Å². The number of aryl methyl sites for hydroxylation is 3. The van der Waals surface area contributed by atoms with Crippen molar-refractivity contribution in [1.29, 1.82) is 0 Å². The van der Waals surface area contributed by atoms with Gasteiger partial charge >= 0.3 is 0 Å². The minimum Gasteiger partial charge on any atom is -0.289 e. The zero-order chi connectivity index (χ0) is 18.1. The number of nitrogens with one attached hydrogen (secondary N) is 1. The van der Waals surface area contributed by atoms with E-state index in [-0.39, 0.29) is 11.9 Å². The van der Waals surface area contributed by atoms with Crippen LogP contribution in [0.2, 0.25) is 0 Å². The molecule has 0 bridgehead atoms. The Morgan fingerprint density at radius 3 is 2.44 bits per heavy atom. The van der Waals surface area contributed by atoms with Crippen LogP contribution >= 0.6 is 15.9 Å². The van der Waals surface area contributed by atoms with E-state index in [2.05, 4.69) is 41.4 Å². The van der Waals surface area contributed by atoms with E-state index < -0.39 is 0 Å². The third-order valence-electron chi connectivity index (χ3n) is 3.65. The molecule has 0 aromatic carbocycles. The lowest BCUT2D eigenvalue weighted by Crippen LogP contribution is -2.17. The summed E-state index contributed by atoms with van der Waals surface area (Å²) in [5, 5.41) is 11.4. The van der Waals surface area contributed by atoms with Gasteiger partial charge in [-0.25, -0.2) is 14.6 Å². The van der Waals surface area contributed by atoms with Gasteiger partial charge < -0.3 is 0 Å². The average Bonchev–Trinajstić information content (AvgIpc) is 3.08. The molecule has 3 aromatic rings. The molecule has 0 atom stereocenters. The number of rotatable bonds is 4. The predicted octanol–water partition coefficient (Wildman–Crippen LogP) is 2.62. The second-order valence-corrected chi connectivity index (χ2v) is 6.59. The number of halogens is 1. The van der Waals surface area contributed by atoms with Crippen molar-refractivity contribution in [2.45, 2.75) is 34.4 Å². The fraction of sp³-hybridized carbons (Fsp3) is 0.312. The van der Waals surface area contributed by atoms with Crippen LogP contribution in [0.1, 0.15) is 33.3 Å². The number of amides is 1. The lowest BCUT2D eigenvalue weighted by molar-refractivity contribution is 0.102. The second-order valence-electron chi connectivity index (χ2n) is 5.79. The molecule has 9 heteroatoms. The third-order valence-corrected chi connectivity index (χ3v) is 4.80. The Kier molecular flexibility index (Phi) is 4.67. The van der Waals surface area contributed by atoms with Crippen LogP contribution in [0.3, 0.4) is 0 Å². The van der Waals surface area contributed by atoms with Gasteiger partial charge in [0.15, 0.2) is 5.69 Å². The van der Waals surface area contributed by atoms with E-state index in [0.29, 0.717) is 12.4 Å². The molecule has 130 valence electrons. The summed E-state index contributed by atoms with van der Waals surface area (Å²) in [7, 11) is 0. The maximum absolute atomic E-state index is 12.3. The van der Waals surface area contributed by atoms with Gasteiger partial charge in [0.2, 0.25) is 5.95 Å². The first-order valence-corrected chi connectivity index (χ1v) is 8.49. The first-order valence-electron chi connectivity index (χ1n) is 7.70. The SMILES string of the molecule is Cc1cc(C)nc(NC(=O)c2ccn(Cn3nc(C)c(Br)c3C)n2)n1. The molecule has 0 unspecified atom stereocenters. The van der Waals surface area contributed by atoms with Crippen molar-refractivity contribution in [3.05, 3.63) is 51.3 Å². The van der Waals surface area contributed by atoms with Crippen molar-refractivity contribution < 1.29 is 4.79 Å². The first-order chi connectivity index (χ1) is 11.8. The van der Waals surface area contributed by atoms with Crippen LogP contribution in [-0.2, 0) is 6.67 Å². The van der Waals surface area contributed by atoms with Crippen LogP contribution < -0.4 is 5.32 Å². The maximum Gasteiger partial charge on any atom is 0.278 e. The van der Waals surface area contributed by atoms with Gasteiger partial charge in [0.05, 0.1) is 15.9 Å². The molecule has 0 spiro atoms. The van der Waals surface area contributed by atoms with E-state index in [1.807, 2.05) is 38.4 Å². The molecule has 1 amide bonds. The molecule has 0 saturated heterocycles. The number of aromatic nitrogens is 6. The largest absolute Gasteiger partial charge is 0.289 e. The van der Waals surface area contributed by atoms with Crippen LogP contribution in [-0.4, -0.2) is 35.4 Å². The molecule has 0 saturated carbocycles. The molecule has 25 heavy (non-hydrogen) atoms. The smallest absolute Gasteiger partial charge is 0.278 e. The highest BCUT2D eigenvalue weighted by atomic mass is 79.9. The Labute approximate surface area is 153 Å². The fourth-order valence-corrected chi connectivity index (χ4v) is 2.74. The van der Waals surface area contributed by atoms with Crippen molar-refractivity contribution in [1.82, 2.24) is 29.5 Å². The summed E-state index contributed by atoms with van der Waals surface area (Å²) >= 11 is 3.50. The molecular weight excluding hydrogens is 386 g/mol. The topological polar surface area (TPSA) is 90.5 Å². The molecule has 0 radical (unpaired) electrons. The maximum atomic E-state index is 12.3. The standard InChI is InChI=1S/C16H18BrN7O/c1-9-7-10(2)19-16(18-9)20-15(25)13-5-6-23(22-13)8-24-12(4)14(17)11(3)21-24/h5-7H,8H2,1-4H3,(H,18,19,20,25). The minimum absolute atomic E-state index is 0.277. The summed E-state index contributed by atoms with van der Waals surface area (Å²) in [5.41, 5.74) is 3.80. The highest BCUT2D eigenvalue weighted by Crippen LogP contribution is 2.19. The molecule has 0 aliphatic carbocycles. The number of hydrogen-bond donors (Lipinski definition) is 1. The lowest BCUT2D eigenvalue weighted by Gasteiger charge is -2.05. The van der Waals surface area contributed by atoms with Crippen LogP contribution in [0.15, 0.2) is 22.8 Å². The summed E-state index contributed by atoms with van der Waals surface area (Å²) in [6.45, 7) is 8.03. The van der Waals surface area contributed by atoms with Crippen LogP contribution in [0.5, 0.6) is 0 Å². The van der Waals surface area contributed by atoms with E-state index in [0.717, 1.165) is 27.2 Å². The predicted molar refractivity (Wildman–Crippen MR) is 96.5 cm³/mol. The van der Waals surface area contributed by atoms with E-state index in [1.165, 1.54) is 0 Å². The number of anilines is 1. The summed E-state index contributed by atoms with van der Waals surface area (Å²) in [6.07, 6.45) is 1.74. The molecule has 0 aliphatic heterocycles. The van der Waals surface area contributed by atoms with E-state index in [1.54, 1.807) is 16.9 Å². The van der Waals surface area contributed by atoms with Gasteiger partial charge in [0.25, 0.3) is 5.91 Å². The van der Waals surface area contributed by atoms with Gasteiger partial charge in [-0.05, 0) is 55.8 Å². The Hall–Kier alpha value is -2.55. The highest BCUT2D eigenvalue weighted by Gasteiger charge is 2.13. The summed E-state index contributed by atoms with van der Waals surface area (Å²) in [5.74, 6) is -0.0715. The normalized spacial score (nSPS) is 10.9. The monoisotopic (exact) mass is 403 g/mol. The Morgan fingerprint density at radius 1 is 1.16 bits per heavy atom. The van der Waals surface area contributed by atoms with Gasteiger partial charge in [-0.1, -0.05) is 0 Å². The number of hydrogen-bond acceptors (Lipinski definition) is 5. The first kappa shape index (κ1) is 17.3. The molecule has 3 rings (SSSR count). The highest BCUT2D eigenvalue weighted by molar-refractivity contribution is 9.10. The van der Waals surface area contributed by atoms with E-state index in [9.17, 15) is 4.79 Å². The summed E-state index contributed by atoms with van der Waals surface area (Å²) in [4.78, 5) is 20.7. The van der Waals surface area contributed by atoms with Crippen molar-refractivity contribution in [3.63, 3.8) is 0 Å². The van der Waals surface area contributed by atoms with Crippen LogP contribution in [0.25, 0.3) is 0 Å². The van der Waals surface area contributed by atoms with Crippen LogP contribution in [0.4, 0.5) is 5.95 Å². The van der Waals surface area contributed by atoms with Crippen molar-refractivity contribution >= 4 is 27.8 Å². The molecular formula is C16H18BrN7O. The number of carbonyl (C=O) groups is 1. The fourth-order valence-electron chi connectivity index (χ4n) is 2.46. The number of nitrogens with zero attached hydrogens (tertiary/aromatic N) is 6. The van der Waals surface area contributed by atoms with Gasteiger partial charge in [-0.3, -0.25) is 14.8 Å². The molecule has 0 aliphatic rings. The van der Waals surface area contributed by atoms with Gasteiger partial charge in [0, 0.05) is 17.6 Å². The number of carbonyl (C=O) groups excluding carboxylic acids is 1. The molecule has 1 N–H and O–H groups in total. The van der Waals surface area contributed by atoms with Gasteiger partial charge in [-0.15, -0.1) is 0 Å². The molecule has 0 fully saturated rings. The second kappa shape index (κ2) is 6.75. The van der Waals surface area contributed by atoms with Crippen molar-refractivity contribution in [3.8, 4) is 0 Å². The third kappa shape index (κ3) is 3.76. The lowest BCUT2D eigenvalue weighted by atomic mass is 10.3. The molecule has 8 nitrogen and oxygen atoms in total.